The van der Waals surface area contributed by atoms with Crippen LogP contribution in [0.1, 0.15) is 10.5 Å². The number of carbonyl (C=O) groups excluding carboxylic acids is 2. The SMILES string of the molecule is N#CC(C(=O)Nc1ccccc1)C(=O)c1noc2c1ccc1cccc(Cl)c12. The number of halogens is 1. The van der Waals surface area contributed by atoms with Crippen LogP contribution < -0.4 is 5.32 Å². The second-order valence-electron chi connectivity index (χ2n) is 6.09. The van der Waals surface area contributed by atoms with Crippen molar-refractivity contribution in [1.82, 2.24) is 5.16 Å². The van der Waals surface area contributed by atoms with Gasteiger partial charge in [-0.3, -0.25) is 9.59 Å². The third-order valence-electron chi connectivity index (χ3n) is 4.36. The Morgan fingerprint density at radius 1 is 1.07 bits per heavy atom. The number of amides is 1. The summed E-state index contributed by atoms with van der Waals surface area (Å²) in [6, 6.07) is 19.2. The topological polar surface area (TPSA) is 96.0 Å². The Morgan fingerprint density at radius 3 is 2.61 bits per heavy atom. The quantitative estimate of drug-likeness (QED) is 0.406. The van der Waals surface area contributed by atoms with Crippen molar-refractivity contribution in [3.05, 3.63) is 71.4 Å². The first kappa shape index (κ1) is 17.7. The molecule has 4 rings (SSSR count). The number of fused-ring (bicyclic) bond motifs is 3. The van der Waals surface area contributed by atoms with E-state index in [0.29, 0.717) is 27.1 Å². The molecule has 0 saturated carbocycles. The predicted octanol–water partition coefficient (Wildman–Crippen LogP) is 4.60. The molecule has 136 valence electrons. The van der Waals surface area contributed by atoms with Gasteiger partial charge in [0, 0.05) is 11.1 Å². The normalized spacial score (nSPS) is 11.9. The Bertz CT molecular complexity index is 1260. The third kappa shape index (κ3) is 2.98. The summed E-state index contributed by atoms with van der Waals surface area (Å²) < 4.78 is 5.36. The van der Waals surface area contributed by atoms with Crippen molar-refractivity contribution in [2.45, 2.75) is 0 Å². The summed E-state index contributed by atoms with van der Waals surface area (Å²) in [7, 11) is 0. The number of aromatic nitrogens is 1. The van der Waals surface area contributed by atoms with E-state index in [1.165, 1.54) is 0 Å². The molecule has 0 fully saturated rings. The largest absolute Gasteiger partial charge is 0.355 e. The van der Waals surface area contributed by atoms with Gasteiger partial charge in [0.05, 0.1) is 16.5 Å². The van der Waals surface area contributed by atoms with Crippen molar-refractivity contribution in [2.24, 2.45) is 5.92 Å². The number of anilines is 1. The zero-order chi connectivity index (χ0) is 19.7. The van der Waals surface area contributed by atoms with E-state index in [0.717, 1.165) is 5.39 Å². The Kier molecular flexibility index (Phi) is 4.52. The van der Waals surface area contributed by atoms with Gasteiger partial charge in [-0.2, -0.15) is 5.26 Å². The minimum atomic E-state index is -1.56. The summed E-state index contributed by atoms with van der Waals surface area (Å²) in [4.78, 5) is 25.3. The number of carbonyl (C=O) groups is 2. The van der Waals surface area contributed by atoms with Crippen LogP contribution in [0.25, 0.3) is 21.7 Å². The highest BCUT2D eigenvalue weighted by Crippen LogP contribution is 2.33. The first-order valence-corrected chi connectivity index (χ1v) is 8.74. The van der Waals surface area contributed by atoms with Crippen LogP contribution in [0.4, 0.5) is 5.69 Å². The number of nitrogens with zero attached hydrogens (tertiary/aromatic N) is 2. The fourth-order valence-electron chi connectivity index (χ4n) is 3.01. The molecule has 28 heavy (non-hydrogen) atoms. The number of para-hydroxylation sites is 1. The van der Waals surface area contributed by atoms with E-state index in [2.05, 4.69) is 10.5 Å². The van der Waals surface area contributed by atoms with Crippen molar-refractivity contribution >= 4 is 50.7 Å². The summed E-state index contributed by atoms with van der Waals surface area (Å²) in [6.07, 6.45) is 0. The summed E-state index contributed by atoms with van der Waals surface area (Å²) in [5.41, 5.74) is 0.751. The number of hydrogen-bond acceptors (Lipinski definition) is 5. The fourth-order valence-corrected chi connectivity index (χ4v) is 3.28. The molecular formula is C21H12ClN3O3. The Hall–Kier alpha value is -3.69. The summed E-state index contributed by atoms with van der Waals surface area (Å²) in [6.45, 7) is 0. The van der Waals surface area contributed by atoms with E-state index in [1.807, 2.05) is 6.07 Å². The van der Waals surface area contributed by atoms with Crippen LogP contribution in [0, 0.1) is 17.2 Å². The molecule has 0 spiro atoms. The van der Waals surface area contributed by atoms with Gasteiger partial charge in [-0.1, -0.05) is 53.2 Å². The van der Waals surface area contributed by atoms with Crippen molar-refractivity contribution in [3.63, 3.8) is 0 Å². The molecule has 3 aromatic carbocycles. The van der Waals surface area contributed by atoms with Crippen molar-refractivity contribution < 1.29 is 14.1 Å². The number of nitriles is 1. The van der Waals surface area contributed by atoms with Gasteiger partial charge < -0.3 is 9.84 Å². The molecule has 1 N–H and O–H groups in total. The van der Waals surface area contributed by atoms with Gasteiger partial charge in [0.1, 0.15) is 0 Å². The molecule has 1 aromatic heterocycles. The van der Waals surface area contributed by atoms with Crippen LogP contribution in [-0.4, -0.2) is 16.8 Å². The number of ketones is 1. The average molecular weight is 390 g/mol. The lowest BCUT2D eigenvalue weighted by Gasteiger charge is -2.08. The van der Waals surface area contributed by atoms with Crippen molar-refractivity contribution in [2.75, 3.05) is 5.32 Å². The maximum Gasteiger partial charge on any atom is 0.249 e. The molecule has 4 aromatic rings. The lowest BCUT2D eigenvalue weighted by atomic mass is 9.98. The summed E-state index contributed by atoms with van der Waals surface area (Å²) >= 11 is 6.27. The number of hydrogen-bond donors (Lipinski definition) is 1. The van der Waals surface area contributed by atoms with Gasteiger partial charge in [0.25, 0.3) is 0 Å². The van der Waals surface area contributed by atoms with E-state index >= 15 is 0 Å². The summed E-state index contributed by atoms with van der Waals surface area (Å²) in [5.74, 6) is -3.02. The van der Waals surface area contributed by atoms with Gasteiger partial charge >= 0.3 is 0 Å². The Balaban J connectivity index is 1.72. The molecule has 1 amide bonds. The highest BCUT2D eigenvalue weighted by molar-refractivity contribution is 6.37. The monoisotopic (exact) mass is 389 g/mol. The molecule has 0 aliphatic rings. The molecule has 7 heteroatoms. The molecule has 1 heterocycles. The maximum atomic E-state index is 12.9. The van der Waals surface area contributed by atoms with Crippen LogP contribution in [-0.2, 0) is 4.79 Å². The minimum Gasteiger partial charge on any atom is -0.355 e. The zero-order valence-electron chi connectivity index (χ0n) is 14.3. The van der Waals surface area contributed by atoms with Gasteiger partial charge in [-0.15, -0.1) is 0 Å². The van der Waals surface area contributed by atoms with E-state index < -0.39 is 17.6 Å². The van der Waals surface area contributed by atoms with Crippen LogP contribution >= 0.6 is 11.6 Å². The molecular weight excluding hydrogens is 378 g/mol. The number of benzene rings is 3. The molecule has 1 atom stereocenters. The van der Waals surface area contributed by atoms with Crippen LogP contribution in [0.15, 0.2) is 65.2 Å². The van der Waals surface area contributed by atoms with Crippen molar-refractivity contribution in [3.8, 4) is 6.07 Å². The number of nitrogens with one attached hydrogen (secondary N) is 1. The summed E-state index contributed by atoms with van der Waals surface area (Å²) in [5, 5.41) is 18.1. The molecule has 0 bridgehead atoms. The molecule has 1 unspecified atom stereocenters. The molecule has 0 aliphatic heterocycles. The van der Waals surface area contributed by atoms with Gasteiger partial charge in [-0.25, -0.2) is 0 Å². The second kappa shape index (κ2) is 7.14. The Labute approximate surface area is 164 Å². The molecule has 0 radical (unpaired) electrons. The maximum absolute atomic E-state index is 12.9. The van der Waals surface area contributed by atoms with Crippen LogP contribution in [0.5, 0.6) is 0 Å². The molecule has 0 aliphatic carbocycles. The minimum absolute atomic E-state index is 0.0772. The lowest BCUT2D eigenvalue weighted by molar-refractivity contribution is -0.117. The highest BCUT2D eigenvalue weighted by atomic mass is 35.5. The lowest BCUT2D eigenvalue weighted by Crippen LogP contribution is -2.29. The van der Waals surface area contributed by atoms with E-state index in [-0.39, 0.29) is 5.69 Å². The molecule has 6 nitrogen and oxygen atoms in total. The van der Waals surface area contributed by atoms with E-state index in [4.69, 9.17) is 16.1 Å². The van der Waals surface area contributed by atoms with E-state index in [9.17, 15) is 14.9 Å². The first-order valence-electron chi connectivity index (χ1n) is 8.36. The first-order chi connectivity index (χ1) is 13.6. The van der Waals surface area contributed by atoms with Gasteiger partial charge in [0.2, 0.25) is 11.7 Å². The van der Waals surface area contributed by atoms with E-state index in [1.54, 1.807) is 60.7 Å². The highest BCUT2D eigenvalue weighted by Gasteiger charge is 2.31. The average Bonchev–Trinajstić information content (AvgIpc) is 3.13. The van der Waals surface area contributed by atoms with Crippen molar-refractivity contribution in [1.29, 1.82) is 5.26 Å². The van der Waals surface area contributed by atoms with Gasteiger partial charge in [-0.05, 0) is 29.7 Å². The van der Waals surface area contributed by atoms with Crippen LogP contribution in [0.2, 0.25) is 5.02 Å². The number of rotatable bonds is 4. The standard InChI is InChI=1S/C21H12ClN3O3/c22-16-8-4-5-12-9-10-14-18(25-28-20(14)17(12)16)19(26)15(11-23)21(27)24-13-6-2-1-3-7-13/h1-10,15H,(H,24,27). The smallest absolute Gasteiger partial charge is 0.249 e. The third-order valence-corrected chi connectivity index (χ3v) is 4.67. The van der Waals surface area contributed by atoms with Crippen LogP contribution in [0.3, 0.4) is 0 Å². The molecule has 0 saturated heterocycles. The Morgan fingerprint density at radius 2 is 1.86 bits per heavy atom. The fraction of sp³-hybridized carbons (Fsp3) is 0.0476. The van der Waals surface area contributed by atoms with Gasteiger partial charge in [0.15, 0.2) is 17.2 Å². The zero-order valence-corrected chi connectivity index (χ0v) is 15.1. The number of Topliss-reactive ketones (excluding diaryl/α,β-unsaturated/α-hetero) is 1. The second-order valence-corrected chi connectivity index (χ2v) is 6.50. The predicted molar refractivity (Wildman–Crippen MR) is 105 cm³/mol.